The van der Waals surface area contributed by atoms with Crippen LogP contribution in [0.1, 0.15) is 24.0 Å². The van der Waals surface area contributed by atoms with Crippen molar-refractivity contribution in [1.29, 1.82) is 0 Å². The molecule has 0 atom stereocenters. The van der Waals surface area contributed by atoms with Crippen LogP contribution in [0.5, 0.6) is 0 Å². The van der Waals surface area contributed by atoms with E-state index in [9.17, 15) is 4.39 Å². The highest BCUT2D eigenvalue weighted by molar-refractivity contribution is 5.85. The van der Waals surface area contributed by atoms with Crippen LogP contribution in [0.2, 0.25) is 0 Å². The normalized spacial score (nSPS) is 17.5. The van der Waals surface area contributed by atoms with E-state index in [0.717, 1.165) is 25.2 Å². The first-order chi connectivity index (χ1) is 8.19. The number of likely N-dealkylation sites (tertiary alicyclic amines) is 1. The Bertz CT molecular complexity index is 376. The molecular formula is C14H22ClFN2. The maximum atomic E-state index is 13.0. The highest BCUT2D eigenvalue weighted by Gasteiger charge is 2.18. The van der Waals surface area contributed by atoms with E-state index in [2.05, 4.69) is 10.2 Å². The van der Waals surface area contributed by atoms with Crippen molar-refractivity contribution in [2.24, 2.45) is 0 Å². The van der Waals surface area contributed by atoms with Crippen LogP contribution < -0.4 is 5.32 Å². The average Bonchev–Trinajstić information content (AvgIpc) is 2.34. The highest BCUT2D eigenvalue weighted by Crippen LogP contribution is 2.16. The van der Waals surface area contributed by atoms with Crippen LogP contribution in [0.15, 0.2) is 18.2 Å². The van der Waals surface area contributed by atoms with Gasteiger partial charge in [-0.1, -0.05) is 6.07 Å². The second kappa shape index (κ2) is 7.07. The van der Waals surface area contributed by atoms with Crippen LogP contribution in [0.3, 0.4) is 0 Å². The van der Waals surface area contributed by atoms with Gasteiger partial charge < -0.3 is 5.32 Å². The molecule has 0 unspecified atom stereocenters. The van der Waals surface area contributed by atoms with Gasteiger partial charge in [0.25, 0.3) is 0 Å². The van der Waals surface area contributed by atoms with Gasteiger partial charge in [0, 0.05) is 12.6 Å². The standard InChI is InChI=1S/C14H21FN2.ClH/c1-11-9-13(15)4-3-12(11)10-17-7-5-14(16-2)6-8-17;/h3-4,9,14,16H,5-8,10H2,1-2H3;1H. The van der Waals surface area contributed by atoms with E-state index < -0.39 is 0 Å². The Morgan fingerprint density at radius 1 is 1.33 bits per heavy atom. The van der Waals surface area contributed by atoms with E-state index in [1.165, 1.54) is 18.4 Å². The number of halogens is 2. The first-order valence-electron chi connectivity index (χ1n) is 6.33. The van der Waals surface area contributed by atoms with Crippen molar-refractivity contribution in [2.75, 3.05) is 20.1 Å². The van der Waals surface area contributed by atoms with E-state index >= 15 is 0 Å². The van der Waals surface area contributed by atoms with Crippen LogP contribution in [-0.2, 0) is 6.54 Å². The summed E-state index contributed by atoms with van der Waals surface area (Å²) in [6, 6.07) is 5.76. The molecule has 1 fully saturated rings. The van der Waals surface area contributed by atoms with Gasteiger partial charge in [-0.3, -0.25) is 4.90 Å². The van der Waals surface area contributed by atoms with Gasteiger partial charge in [0.05, 0.1) is 0 Å². The molecule has 0 amide bonds. The molecule has 1 aliphatic rings. The van der Waals surface area contributed by atoms with Crippen LogP contribution in [0, 0.1) is 12.7 Å². The quantitative estimate of drug-likeness (QED) is 0.910. The van der Waals surface area contributed by atoms with Crippen molar-refractivity contribution in [2.45, 2.75) is 32.4 Å². The molecule has 2 rings (SSSR count). The van der Waals surface area contributed by atoms with Gasteiger partial charge in [-0.15, -0.1) is 12.4 Å². The molecule has 1 heterocycles. The van der Waals surface area contributed by atoms with Gasteiger partial charge in [0.2, 0.25) is 0 Å². The number of nitrogens with one attached hydrogen (secondary N) is 1. The van der Waals surface area contributed by atoms with Crippen LogP contribution in [0.25, 0.3) is 0 Å². The van der Waals surface area contributed by atoms with Crippen LogP contribution >= 0.6 is 12.4 Å². The second-order valence-electron chi connectivity index (χ2n) is 4.91. The van der Waals surface area contributed by atoms with Crippen LogP contribution in [-0.4, -0.2) is 31.1 Å². The summed E-state index contributed by atoms with van der Waals surface area (Å²) >= 11 is 0. The van der Waals surface area contributed by atoms with Crippen LogP contribution in [0.4, 0.5) is 4.39 Å². The van der Waals surface area contributed by atoms with Crippen molar-refractivity contribution in [3.63, 3.8) is 0 Å². The molecule has 102 valence electrons. The third-order valence-electron chi connectivity index (χ3n) is 3.69. The zero-order valence-corrected chi connectivity index (χ0v) is 11.9. The number of benzene rings is 1. The molecule has 0 bridgehead atoms. The van der Waals surface area contributed by atoms with Crippen molar-refractivity contribution >= 4 is 12.4 Å². The SMILES string of the molecule is CNC1CCN(Cc2ccc(F)cc2C)CC1.Cl. The van der Waals surface area contributed by atoms with E-state index in [-0.39, 0.29) is 18.2 Å². The van der Waals surface area contributed by atoms with Crippen molar-refractivity contribution < 1.29 is 4.39 Å². The Balaban J connectivity index is 0.00000162. The minimum Gasteiger partial charge on any atom is -0.317 e. The third-order valence-corrected chi connectivity index (χ3v) is 3.69. The van der Waals surface area contributed by atoms with E-state index in [1.54, 1.807) is 12.1 Å². The predicted octanol–water partition coefficient (Wildman–Crippen LogP) is 2.74. The van der Waals surface area contributed by atoms with Gasteiger partial charge >= 0.3 is 0 Å². The van der Waals surface area contributed by atoms with E-state index in [1.807, 2.05) is 20.0 Å². The molecule has 1 aromatic carbocycles. The fourth-order valence-electron chi connectivity index (χ4n) is 2.46. The summed E-state index contributed by atoms with van der Waals surface area (Å²) in [6.07, 6.45) is 2.41. The zero-order chi connectivity index (χ0) is 12.3. The molecular weight excluding hydrogens is 251 g/mol. The lowest BCUT2D eigenvalue weighted by Gasteiger charge is -2.32. The fraction of sp³-hybridized carbons (Fsp3) is 0.571. The maximum absolute atomic E-state index is 13.0. The van der Waals surface area contributed by atoms with Gasteiger partial charge in [-0.2, -0.15) is 0 Å². The average molecular weight is 273 g/mol. The van der Waals surface area contributed by atoms with E-state index in [4.69, 9.17) is 0 Å². The summed E-state index contributed by atoms with van der Waals surface area (Å²) in [5, 5.41) is 3.33. The Morgan fingerprint density at radius 3 is 2.56 bits per heavy atom. The van der Waals surface area contributed by atoms with E-state index in [0.29, 0.717) is 6.04 Å². The van der Waals surface area contributed by atoms with Gasteiger partial charge in [-0.25, -0.2) is 4.39 Å². The van der Waals surface area contributed by atoms with Crippen molar-refractivity contribution in [3.05, 3.63) is 35.1 Å². The number of hydrogen-bond donors (Lipinski definition) is 1. The van der Waals surface area contributed by atoms with Gasteiger partial charge in [0.1, 0.15) is 5.82 Å². The number of aryl methyl sites for hydroxylation is 1. The first-order valence-corrected chi connectivity index (χ1v) is 6.33. The molecule has 0 aromatic heterocycles. The number of nitrogens with zero attached hydrogens (tertiary/aromatic N) is 1. The monoisotopic (exact) mass is 272 g/mol. The summed E-state index contributed by atoms with van der Waals surface area (Å²) < 4.78 is 13.0. The second-order valence-corrected chi connectivity index (χ2v) is 4.91. The predicted molar refractivity (Wildman–Crippen MR) is 75.7 cm³/mol. The molecule has 0 aliphatic carbocycles. The molecule has 1 saturated heterocycles. The lowest BCUT2D eigenvalue weighted by atomic mass is 10.0. The Morgan fingerprint density at radius 2 is 2.00 bits per heavy atom. The number of piperidine rings is 1. The zero-order valence-electron chi connectivity index (χ0n) is 11.1. The lowest BCUT2D eigenvalue weighted by molar-refractivity contribution is 0.194. The minimum absolute atomic E-state index is 0. The molecule has 0 saturated carbocycles. The summed E-state index contributed by atoms with van der Waals surface area (Å²) in [6.45, 7) is 5.19. The summed E-state index contributed by atoms with van der Waals surface area (Å²) in [4.78, 5) is 2.45. The van der Waals surface area contributed by atoms with Crippen molar-refractivity contribution in [3.8, 4) is 0 Å². The van der Waals surface area contributed by atoms with Gasteiger partial charge in [-0.05, 0) is 63.2 Å². The molecule has 2 nitrogen and oxygen atoms in total. The number of rotatable bonds is 3. The smallest absolute Gasteiger partial charge is 0.123 e. The van der Waals surface area contributed by atoms with Crippen molar-refractivity contribution in [1.82, 2.24) is 10.2 Å². The maximum Gasteiger partial charge on any atom is 0.123 e. The molecule has 1 aromatic rings. The van der Waals surface area contributed by atoms with Gasteiger partial charge in [0.15, 0.2) is 0 Å². The molecule has 18 heavy (non-hydrogen) atoms. The summed E-state index contributed by atoms with van der Waals surface area (Å²) in [5.41, 5.74) is 2.30. The Kier molecular flexibility index (Phi) is 6.06. The summed E-state index contributed by atoms with van der Waals surface area (Å²) in [7, 11) is 2.03. The Hall–Kier alpha value is -0.640. The lowest BCUT2D eigenvalue weighted by Crippen LogP contribution is -2.40. The molecule has 1 N–H and O–H groups in total. The molecule has 1 aliphatic heterocycles. The topological polar surface area (TPSA) is 15.3 Å². The molecule has 4 heteroatoms. The molecule has 0 radical (unpaired) electrons. The molecule has 0 spiro atoms. The minimum atomic E-state index is -0.139. The first kappa shape index (κ1) is 15.4. The summed E-state index contributed by atoms with van der Waals surface area (Å²) in [5.74, 6) is -0.139. The largest absolute Gasteiger partial charge is 0.317 e. The fourth-order valence-corrected chi connectivity index (χ4v) is 2.46. The number of hydrogen-bond acceptors (Lipinski definition) is 2. The third kappa shape index (κ3) is 3.94. The highest BCUT2D eigenvalue weighted by atomic mass is 35.5. The Labute approximate surface area is 115 Å².